The molecule has 176 valence electrons. The van der Waals surface area contributed by atoms with Gasteiger partial charge in [-0.3, -0.25) is 14.4 Å². The summed E-state index contributed by atoms with van der Waals surface area (Å²) < 4.78 is 4.73. The Kier molecular flexibility index (Phi) is 11.1. The van der Waals surface area contributed by atoms with Crippen LogP contribution in [-0.2, 0) is 35.1 Å². The summed E-state index contributed by atoms with van der Waals surface area (Å²) in [5, 5.41) is 13.7. The second-order valence-electron chi connectivity index (χ2n) is 8.43. The molecule has 0 saturated heterocycles. The molecule has 9 nitrogen and oxygen atoms in total. The second-order valence-corrected chi connectivity index (χ2v) is 8.43. The van der Waals surface area contributed by atoms with Crippen molar-refractivity contribution in [3.63, 3.8) is 0 Å². The lowest BCUT2D eigenvalue weighted by Crippen LogP contribution is -2.54. The van der Waals surface area contributed by atoms with Crippen LogP contribution in [0.2, 0.25) is 0 Å². The highest BCUT2D eigenvalue weighted by Gasteiger charge is 2.30. The van der Waals surface area contributed by atoms with Crippen LogP contribution in [0.15, 0.2) is 30.3 Å². The van der Waals surface area contributed by atoms with Crippen molar-refractivity contribution in [1.29, 1.82) is 0 Å². The predicted molar refractivity (Wildman–Crippen MR) is 117 cm³/mol. The molecule has 0 bridgehead atoms. The Balaban J connectivity index is 3.01. The molecule has 2 atom stereocenters. The molecule has 2 amide bonds. The van der Waals surface area contributed by atoms with Crippen molar-refractivity contribution in [2.75, 3.05) is 6.61 Å². The third-order valence-electron chi connectivity index (χ3n) is 4.40. The number of nitrogens with one attached hydrogen (secondary N) is 2. The maximum atomic E-state index is 13.0. The molecule has 0 unspecified atom stereocenters. The van der Waals surface area contributed by atoms with Gasteiger partial charge in [-0.05, 0) is 23.8 Å². The maximum absolute atomic E-state index is 13.0. The highest BCUT2D eigenvalue weighted by atomic mass is 16.6. The zero-order valence-corrected chi connectivity index (χ0v) is 18.9. The van der Waals surface area contributed by atoms with Crippen molar-refractivity contribution in [1.82, 2.24) is 10.6 Å². The number of rotatable bonds is 13. The van der Waals surface area contributed by atoms with Gasteiger partial charge in [-0.2, -0.15) is 0 Å². The fourth-order valence-corrected chi connectivity index (χ4v) is 2.95. The number of aliphatic carboxylic acids is 1. The van der Waals surface area contributed by atoms with Crippen molar-refractivity contribution in [2.45, 2.75) is 59.0 Å². The molecule has 3 N–H and O–H groups in total. The fourth-order valence-electron chi connectivity index (χ4n) is 2.95. The Labute approximate surface area is 187 Å². The van der Waals surface area contributed by atoms with E-state index in [1.165, 1.54) is 0 Å². The average molecular weight is 449 g/mol. The molecule has 0 aliphatic heterocycles. The lowest BCUT2D eigenvalue weighted by Gasteiger charge is -2.23. The summed E-state index contributed by atoms with van der Waals surface area (Å²) in [6.07, 6.45) is 0.359. The van der Waals surface area contributed by atoms with Gasteiger partial charge in [0.05, 0.1) is 0 Å². The van der Waals surface area contributed by atoms with E-state index in [1.54, 1.807) is 44.2 Å². The molecule has 0 heterocycles. The van der Waals surface area contributed by atoms with Gasteiger partial charge in [0.25, 0.3) is 5.91 Å². The Morgan fingerprint density at radius 3 is 2.06 bits per heavy atom. The first-order valence-electron chi connectivity index (χ1n) is 10.6. The SMILES string of the molecule is CC(C)CC(=O)C(=O)N[C@@H](Cc1ccccc1)C(=O)N[C@@H](CC(C)C)C(=O)OCC(=O)O. The van der Waals surface area contributed by atoms with E-state index >= 15 is 0 Å². The smallest absolute Gasteiger partial charge is 0.341 e. The highest BCUT2D eigenvalue weighted by molar-refractivity contribution is 6.36. The van der Waals surface area contributed by atoms with E-state index in [0.717, 1.165) is 5.56 Å². The third-order valence-corrected chi connectivity index (χ3v) is 4.40. The van der Waals surface area contributed by atoms with Gasteiger partial charge < -0.3 is 20.5 Å². The van der Waals surface area contributed by atoms with Crippen molar-refractivity contribution >= 4 is 29.5 Å². The highest BCUT2D eigenvalue weighted by Crippen LogP contribution is 2.09. The molecule has 9 heteroatoms. The summed E-state index contributed by atoms with van der Waals surface area (Å²) >= 11 is 0. The average Bonchev–Trinajstić information content (AvgIpc) is 2.70. The van der Waals surface area contributed by atoms with Crippen molar-refractivity contribution < 1.29 is 33.8 Å². The lowest BCUT2D eigenvalue weighted by atomic mass is 10.0. The molecule has 1 aromatic carbocycles. The summed E-state index contributed by atoms with van der Waals surface area (Å²) in [5.74, 6) is -4.39. The largest absolute Gasteiger partial charge is 0.479 e. The van der Waals surface area contributed by atoms with Gasteiger partial charge in [-0.15, -0.1) is 0 Å². The Bertz CT molecular complexity index is 806. The van der Waals surface area contributed by atoms with E-state index in [-0.39, 0.29) is 31.1 Å². The molecule has 0 aliphatic rings. The molecular weight excluding hydrogens is 416 g/mol. The minimum absolute atomic E-state index is 0.00698. The number of hydrogen-bond acceptors (Lipinski definition) is 6. The van der Waals surface area contributed by atoms with Crippen molar-refractivity contribution in [2.24, 2.45) is 11.8 Å². The molecule has 0 fully saturated rings. The number of hydrogen-bond donors (Lipinski definition) is 3. The first-order chi connectivity index (χ1) is 15.0. The molecule has 0 radical (unpaired) electrons. The monoisotopic (exact) mass is 448 g/mol. The fraction of sp³-hybridized carbons (Fsp3) is 0.522. The van der Waals surface area contributed by atoms with Crippen LogP contribution in [0.1, 0.15) is 46.1 Å². The van der Waals surface area contributed by atoms with Gasteiger partial charge in [0, 0.05) is 12.8 Å². The zero-order valence-electron chi connectivity index (χ0n) is 18.9. The van der Waals surface area contributed by atoms with E-state index in [1.807, 2.05) is 13.8 Å². The molecule has 0 aromatic heterocycles. The third kappa shape index (κ3) is 10.2. The standard InChI is InChI=1S/C23H32N2O7/c1-14(2)10-18(23(31)32-13-20(27)28)25-21(29)17(12-16-8-6-5-7-9-16)24-22(30)19(26)11-15(3)4/h5-9,14-15,17-18H,10-13H2,1-4H3,(H,24,30)(H,25,29)(H,27,28)/t17-,18-/m0/s1. The van der Waals surface area contributed by atoms with E-state index in [4.69, 9.17) is 9.84 Å². The number of amides is 2. The number of ketones is 1. The number of benzene rings is 1. The zero-order chi connectivity index (χ0) is 24.3. The Morgan fingerprint density at radius 2 is 1.53 bits per heavy atom. The van der Waals surface area contributed by atoms with Crippen molar-refractivity contribution in [3.8, 4) is 0 Å². The van der Waals surface area contributed by atoms with Gasteiger partial charge >= 0.3 is 11.9 Å². The van der Waals surface area contributed by atoms with Gasteiger partial charge in [-0.1, -0.05) is 58.0 Å². The van der Waals surface area contributed by atoms with Gasteiger partial charge in [0.1, 0.15) is 12.1 Å². The van der Waals surface area contributed by atoms with Crippen LogP contribution >= 0.6 is 0 Å². The minimum Gasteiger partial charge on any atom is -0.479 e. The van der Waals surface area contributed by atoms with Crippen LogP contribution in [0, 0.1) is 11.8 Å². The summed E-state index contributed by atoms with van der Waals surface area (Å²) in [4.78, 5) is 60.5. The minimum atomic E-state index is -1.31. The van der Waals surface area contributed by atoms with Crippen LogP contribution in [0.4, 0.5) is 0 Å². The lowest BCUT2D eigenvalue weighted by molar-refractivity contribution is -0.157. The Morgan fingerprint density at radius 1 is 0.906 bits per heavy atom. The summed E-state index contributed by atoms with van der Waals surface area (Å²) in [6.45, 7) is 6.45. The van der Waals surface area contributed by atoms with Crippen LogP contribution in [0.5, 0.6) is 0 Å². The second kappa shape index (κ2) is 13.2. The van der Waals surface area contributed by atoms with E-state index in [9.17, 15) is 24.0 Å². The van der Waals surface area contributed by atoms with E-state index < -0.39 is 48.2 Å². The van der Waals surface area contributed by atoms with Crippen LogP contribution < -0.4 is 10.6 Å². The van der Waals surface area contributed by atoms with Crippen LogP contribution in [0.25, 0.3) is 0 Å². The van der Waals surface area contributed by atoms with Crippen LogP contribution in [0.3, 0.4) is 0 Å². The number of carboxylic acid groups (broad SMARTS) is 1. The predicted octanol–water partition coefficient (Wildman–Crippen LogP) is 1.49. The number of esters is 1. The molecule has 0 spiro atoms. The molecular formula is C23H32N2O7. The molecule has 1 rings (SSSR count). The Hall–Kier alpha value is -3.23. The van der Waals surface area contributed by atoms with Gasteiger partial charge in [-0.25, -0.2) is 9.59 Å². The summed E-state index contributed by atoms with van der Waals surface area (Å²) in [5.41, 5.74) is 0.748. The number of carbonyl (C=O) groups excluding carboxylic acids is 4. The normalized spacial score (nSPS) is 12.7. The van der Waals surface area contributed by atoms with Gasteiger partial charge in [0.2, 0.25) is 11.7 Å². The van der Waals surface area contributed by atoms with Gasteiger partial charge in [0.15, 0.2) is 6.61 Å². The summed E-state index contributed by atoms with van der Waals surface area (Å²) in [7, 11) is 0. The molecule has 0 aliphatic carbocycles. The topological polar surface area (TPSA) is 139 Å². The van der Waals surface area contributed by atoms with E-state index in [2.05, 4.69) is 10.6 Å². The molecule has 0 saturated carbocycles. The first kappa shape index (κ1) is 26.8. The summed E-state index contributed by atoms with van der Waals surface area (Å²) in [6, 6.07) is 6.71. The quantitative estimate of drug-likeness (QED) is 0.307. The maximum Gasteiger partial charge on any atom is 0.341 e. The number of ether oxygens (including phenoxy) is 1. The molecule has 32 heavy (non-hydrogen) atoms. The van der Waals surface area contributed by atoms with Crippen LogP contribution in [-0.4, -0.2) is 53.3 Å². The number of carbonyl (C=O) groups is 5. The number of Topliss-reactive ketones (excluding diaryl/α,β-unsaturated/α-hetero) is 1. The van der Waals surface area contributed by atoms with Crippen molar-refractivity contribution in [3.05, 3.63) is 35.9 Å². The first-order valence-corrected chi connectivity index (χ1v) is 10.6. The number of carboxylic acids is 1. The molecule has 1 aromatic rings. The van der Waals surface area contributed by atoms with E-state index in [0.29, 0.717) is 0 Å².